The Morgan fingerprint density at radius 2 is 1.47 bits per heavy atom. The summed E-state index contributed by atoms with van der Waals surface area (Å²) in [6.07, 6.45) is 1.77. The molecule has 0 bridgehead atoms. The molecule has 7 heteroatoms. The highest BCUT2D eigenvalue weighted by atomic mass is 16.3. The van der Waals surface area contributed by atoms with Gasteiger partial charge in [0, 0.05) is 50.7 Å². The minimum Gasteiger partial charge on any atom is -0.455 e. The first kappa shape index (κ1) is 23.0. The van der Waals surface area contributed by atoms with E-state index in [-0.39, 0.29) is 11.7 Å². The average molecular weight is 498 g/mol. The standard InChI is InChI=1S/C31H23N5O2/c32-30(33)19-8-10-20(11-9-19)31(37)36-22-14-12-21(13-15-22)35-23-16-17-34-27(18-23)26-6-3-5-25-24-4-1-2-7-28(24)38-29(25)26/h1-18H,(H3,32,33)(H,34,35)(H,36,37). The maximum atomic E-state index is 12.6. The van der Waals surface area contributed by atoms with Gasteiger partial charge in [-0.15, -0.1) is 0 Å². The van der Waals surface area contributed by atoms with Gasteiger partial charge in [-0.2, -0.15) is 0 Å². The highest BCUT2D eigenvalue weighted by molar-refractivity contribution is 6.09. The van der Waals surface area contributed by atoms with Crippen LogP contribution in [0.1, 0.15) is 15.9 Å². The second kappa shape index (κ2) is 9.55. The Labute approximate surface area is 218 Å². The van der Waals surface area contributed by atoms with E-state index in [0.29, 0.717) is 16.8 Å². The van der Waals surface area contributed by atoms with Crippen molar-refractivity contribution in [1.82, 2.24) is 4.98 Å². The van der Waals surface area contributed by atoms with Gasteiger partial charge in [-0.3, -0.25) is 15.2 Å². The molecular weight excluding hydrogens is 474 g/mol. The molecule has 4 aromatic carbocycles. The van der Waals surface area contributed by atoms with Gasteiger partial charge in [-0.05, 0) is 60.7 Å². The van der Waals surface area contributed by atoms with Crippen molar-refractivity contribution < 1.29 is 9.21 Å². The molecule has 0 spiro atoms. The SMILES string of the molecule is N=C(N)c1ccc(C(=O)Nc2ccc(Nc3ccnc(-c4cccc5c4oc4ccccc45)c3)cc2)cc1. The van der Waals surface area contributed by atoms with Gasteiger partial charge in [0.1, 0.15) is 17.0 Å². The Hall–Kier alpha value is -5.43. The zero-order valence-electron chi connectivity index (χ0n) is 20.2. The van der Waals surface area contributed by atoms with Gasteiger partial charge >= 0.3 is 0 Å². The summed E-state index contributed by atoms with van der Waals surface area (Å²) in [5.74, 6) is -0.271. The van der Waals surface area contributed by atoms with Crippen molar-refractivity contribution in [3.63, 3.8) is 0 Å². The van der Waals surface area contributed by atoms with E-state index in [9.17, 15) is 4.79 Å². The van der Waals surface area contributed by atoms with Crippen LogP contribution in [-0.4, -0.2) is 16.7 Å². The summed E-state index contributed by atoms with van der Waals surface area (Å²) >= 11 is 0. The Morgan fingerprint density at radius 1 is 0.763 bits per heavy atom. The minimum atomic E-state index is -0.237. The van der Waals surface area contributed by atoms with Gasteiger partial charge in [0.05, 0.1) is 5.69 Å². The average Bonchev–Trinajstić information content (AvgIpc) is 3.33. The Kier molecular flexibility index (Phi) is 5.78. The molecule has 0 atom stereocenters. The zero-order chi connectivity index (χ0) is 26.1. The second-order valence-corrected chi connectivity index (χ2v) is 8.86. The predicted octanol–water partition coefficient (Wildman–Crippen LogP) is 6.93. The number of furan rings is 1. The van der Waals surface area contributed by atoms with Crippen molar-refractivity contribution >= 4 is 50.7 Å². The number of nitrogens with zero attached hydrogens (tertiary/aromatic N) is 1. The molecule has 0 aliphatic heterocycles. The van der Waals surface area contributed by atoms with Crippen molar-refractivity contribution in [3.8, 4) is 11.3 Å². The number of rotatable bonds is 6. The molecule has 2 heterocycles. The number of anilines is 3. The van der Waals surface area contributed by atoms with Gasteiger partial charge < -0.3 is 20.8 Å². The van der Waals surface area contributed by atoms with Gasteiger partial charge in [0.2, 0.25) is 0 Å². The smallest absolute Gasteiger partial charge is 0.255 e. The molecule has 0 unspecified atom stereocenters. The molecule has 38 heavy (non-hydrogen) atoms. The number of nitrogens with two attached hydrogens (primary N) is 1. The van der Waals surface area contributed by atoms with Crippen LogP contribution < -0.4 is 16.4 Å². The second-order valence-electron chi connectivity index (χ2n) is 8.86. The van der Waals surface area contributed by atoms with Crippen molar-refractivity contribution in [1.29, 1.82) is 5.41 Å². The maximum absolute atomic E-state index is 12.6. The van der Waals surface area contributed by atoms with E-state index in [2.05, 4.69) is 27.8 Å². The molecule has 184 valence electrons. The number of nitrogens with one attached hydrogen (secondary N) is 3. The maximum Gasteiger partial charge on any atom is 0.255 e. The summed E-state index contributed by atoms with van der Waals surface area (Å²) in [5, 5.41) is 15.9. The first-order valence-electron chi connectivity index (χ1n) is 12.0. The van der Waals surface area contributed by atoms with Crippen molar-refractivity contribution in [2.45, 2.75) is 0 Å². The number of amidine groups is 1. The van der Waals surface area contributed by atoms with Crippen LogP contribution in [-0.2, 0) is 0 Å². The topological polar surface area (TPSA) is 117 Å². The molecule has 0 aliphatic rings. The van der Waals surface area contributed by atoms with E-state index in [1.165, 1.54) is 0 Å². The monoisotopic (exact) mass is 497 g/mol. The third-order valence-corrected chi connectivity index (χ3v) is 6.33. The van der Waals surface area contributed by atoms with Gasteiger partial charge in [0.15, 0.2) is 0 Å². The van der Waals surface area contributed by atoms with E-state index in [4.69, 9.17) is 15.6 Å². The Morgan fingerprint density at radius 3 is 2.26 bits per heavy atom. The number of carbonyl (C=O) groups is 1. The van der Waals surface area contributed by atoms with Crippen LogP contribution >= 0.6 is 0 Å². The fraction of sp³-hybridized carbons (Fsp3) is 0. The summed E-state index contributed by atoms with van der Waals surface area (Å²) in [5.41, 5.74) is 12.4. The molecule has 0 radical (unpaired) electrons. The first-order valence-corrected chi connectivity index (χ1v) is 12.0. The Bertz CT molecular complexity index is 1810. The van der Waals surface area contributed by atoms with E-state index in [1.54, 1.807) is 30.5 Å². The lowest BCUT2D eigenvalue weighted by molar-refractivity contribution is 0.102. The summed E-state index contributed by atoms with van der Waals surface area (Å²) in [6, 6.07) is 32.1. The lowest BCUT2D eigenvalue weighted by Gasteiger charge is -2.10. The van der Waals surface area contributed by atoms with Crippen LogP contribution in [0.2, 0.25) is 0 Å². The fourth-order valence-corrected chi connectivity index (χ4v) is 4.41. The molecule has 0 fully saturated rings. The first-order chi connectivity index (χ1) is 18.5. The highest BCUT2D eigenvalue weighted by Gasteiger charge is 2.13. The van der Waals surface area contributed by atoms with E-state index in [1.807, 2.05) is 66.7 Å². The normalized spacial score (nSPS) is 10.9. The zero-order valence-corrected chi connectivity index (χ0v) is 20.2. The molecule has 7 nitrogen and oxygen atoms in total. The molecule has 1 amide bonds. The molecule has 6 rings (SSSR count). The van der Waals surface area contributed by atoms with Crippen LogP contribution in [0.3, 0.4) is 0 Å². The molecule has 5 N–H and O–H groups in total. The van der Waals surface area contributed by atoms with Crippen molar-refractivity contribution in [2.75, 3.05) is 10.6 Å². The quantitative estimate of drug-likeness (QED) is 0.147. The van der Waals surface area contributed by atoms with Crippen LogP contribution in [0.5, 0.6) is 0 Å². The number of nitrogen functional groups attached to an aromatic ring is 1. The number of hydrogen-bond acceptors (Lipinski definition) is 5. The van der Waals surface area contributed by atoms with Crippen molar-refractivity contribution in [3.05, 3.63) is 120 Å². The third-order valence-electron chi connectivity index (χ3n) is 6.33. The number of aromatic nitrogens is 1. The van der Waals surface area contributed by atoms with Crippen LogP contribution in [0.4, 0.5) is 17.1 Å². The molecule has 0 aliphatic carbocycles. The summed E-state index contributed by atoms with van der Waals surface area (Å²) in [7, 11) is 0. The Balaban J connectivity index is 1.19. The van der Waals surface area contributed by atoms with Crippen LogP contribution in [0.15, 0.2) is 114 Å². The lowest BCUT2D eigenvalue weighted by atomic mass is 10.1. The summed E-state index contributed by atoms with van der Waals surface area (Å²) in [4.78, 5) is 17.2. The van der Waals surface area contributed by atoms with E-state index in [0.717, 1.165) is 44.6 Å². The number of benzene rings is 4. The number of fused-ring (bicyclic) bond motifs is 3. The molecular formula is C31H23N5O2. The minimum absolute atomic E-state index is 0.0343. The summed E-state index contributed by atoms with van der Waals surface area (Å²) < 4.78 is 6.18. The van der Waals surface area contributed by atoms with Gasteiger partial charge in [0.25, 0.3) is 5.91 Å². The van der Waals surface area contributed by atoms with Crippen LogP contribution in [0.25, 0.3) is 33.2 Å². The summed E-state index contributed by atoms with van der Waals surface area (Å²) in [6.45, 7) is 0. The number of carbonyl (C=O) groups excluding carboxylic acids is 1. The van der Waals surface area contributed by atoms with Crippen molar-refractivity contribution in [2.24, 2.45) is 5.73 Å². The molecule has 2 aromatic heterocycles. The molecule has 0 saturated heterocycles. The van der Waals surface area contributed by atoms with Crippen LogP contribution in [0, 0.1) is 5.41 Å². The van der Waals surface area contributed by atoms with Gasteiger partial charge in [-0.1, -0.05) is 42.5 Å². The number of amides is 1. The fourth-order valence-electron chi connectivity index (χ4n) is 4.41. The number of hydrogen-bond donors (Lipinski definition) is 4. The third kappa shape index (κ3) is 4.44. The van der Waals surface area contributed by atoms with E-state index >= 15 is 0 Å². The lowest BCUT2D eigenvalue weighted by Crippen LogP contribution is -2.14. The van der Waals surface area contributed by atoms with E-state index < -0.39 is 0 Å². The van der Waals surface area contributed by atoms with Gasteiger partial charge in [-0.25, -0.2) is 0 Å². The number of para-hydroxylation sites is 2. The predicted molar refractivity (Wildman–Crippen MR) is 152 cm³/mol. The number of pyridine rings is 1. The highest BCUT2D eigenvalue weighted by Crippen LogP contribution is 2.35. The molecule has 0 saturated carbocycles. The molecule has 6 aromatic rings. The largest absolute Gasteiger partial charge is 0.455 e.